The Kier molecular flexibility index (Phi) is 7.90. The number of aryl methyl sites for hydroxylation is 1. The van der Waals surface area contributed by atoms with Crippen molar-refractivity contribution in [1.29, 1.82) is 0 Å². The van der Waals surface area contributed by atoms with Crippen LogP contribution in [-0.4, -0.2) is 27.5 Å². The second kappa shape index (κ2) is 10.6. The minimum Gasteiger partial charge on any atom is -0.495 e. The van der Waals surface area contributed by atoms with Gasteiger partial charge < -0.3 is 10.1 Å². The van der Waals surface area contributed by atoms with Crippen molar-refractivity contribution in [2.24, 2.45) is 0 Å². The third-order valence-corrected chi connectivity index (χ3v) is 6.67. The first-order chi connectivity index (χ1) is 15.3. The molecule has 0 aliphatic heterocycles. The number of nitrogens with one attached hydrogen (secondary N) is 2. The third-order valence-electron chi connectivity index (χ3n) is 4.94. The van der Waals surface area contributed by atoms with Gasteiger partial charge in [0, 0.05) is 10.7 Å². The summed E-state index contributed by atoms with van der Waals surface area (Å²) >= 11 is 6.01. The van der Waals surface area contributed by atoms with E-state index in [9.17, 15) is 13.2 Å². The van der Waals surface area contributed by atoms with Gasteiger partial charge in [0.2, 0.25) is 15.9 Å². The van der Waals surface area contributed by atoms with Crippen molar-refractivity contribution in [3.63, 3.8) is 0 Å². The van der Waals surface area contributed by atoms with Gasteiger partial charge in [-0.25, -0.2) is 8.42 Å². The fourth-order valence-electron chi connectivity index (χ4n) is 3.20. The first-order valence-corrected chi connectivity index (χ1v) is 12.0. The van der Waals surface area contributed by atoms with Crippen LogP contribution >= 0.6 is 11.6 Å². The maximum absolute atomic E-state index is 13.2. The van der Waals surface area contributed by atoms with Gasteiger partial charge >= 0.3 is 0 Å². The van der Waals surface area contributed by atoms with Crippen molar-refractivity contribution in [2.45, 2.75) is 30.7 Å². The van der Waals surface area contributed by atoms with Gasteiger partial charge in [-0.2, -0.15) is 4.72 Å². The van der Waals surface area contributed by atoms with E-state index in [1.54, 1.807) is 12.1 Å². The Morgan fingerprint density at radius 1 is 1.00 bits per heavy atom. The molecule has 2 N–H and O–H groups in total. The molecule has 3 aromatic carbocycles. The average molecular weight is 473 g/mol. The van der Waals surface area contributed by atoms with E-state index in [0.29, 0.717) is 5.69 Å². The number of methoxy groups -OCH3 is 1. The topological polar surface area (TPSA) is 84.5 Å². The van der Waals surface area contributed by atoms with Crippen LogP contribution < -0.4 is 14.8 Å². The Morgan fingerprint density at radius 3 is 2.31 bits per heavy atom. The quantitative estimate of drug-likeness (QED) is 0.482. The lowest BCUT2D eigenvalue weighted by atomic mass is 10.1. The minimum absolute atomic E-state index is 0.134. The number of hydrogen-bond donors (Lipinski definition) is 2. The number of halogens is 1. The Balaban J connectivity index is 1.89. The normalized spacial score (nSPS) is 12.2. The zero-order valence-corrected chi connectivity index (χ0v) is 19.4. The van der Waals surface area contributed by atoms with Gasteiger partial charge in [-0.05, 0) is 54.3 Å². The maximum Gasteiger partial charge on any atom is 0.245 e. The van der Waals surface area contributed by atoms with E-state index in [-0.39, 0.29) is 22.1 Å². The summed E-state index contributed by atoms with van der Waals surface area (Å²) in [5.41, 5.74) is 2.54. The number of ether oxygens (including phenoxy) is 1. The van der Waals surface area contributed by atoms with Crippen LogP contribution in [0, 0.1) is 0 Å². The molecule has 0 aliphatic rings. The predicted molar refractivity (Wildman–Crippen MR) is 127 cm³/mol. The van der Waals surface area contributed by atoms with Crippen molar-refractivity contribution >= 4 is 33.2 Å². The number of amides is 1. The number of benzene rings is 3. The maximum atomic E-state index is 13.2. The van der Waals surface area contributed by atoms with Crippen LogP contribution in [0.3, 0.4) is 0 Å². The van der Waals surface area contributed by atoms with Crippen molar-refractivity contribution in [2.75, 3.05) is 12.4 Å². The van der Waals surface area contributed by atoms with E-state index in [0.717, 1.165) is 17.5 Å². The lowest BCUT2D eigenvalue weighted by Crippen LogP contribution is -2.45. The standard InChI is InChI=1S/C24H25ClN2O4S/c1-3-17-9-12-20(13-10-17)26-24(28)21(15-18-7-5-4-6-8-18)27-32(29,30)23-16-19(25)11-14-22(23)31-2/h4-14,16,21,27H,3,15H2,1-2H3,(H,26,28)/t21-/m1/s1. The summed E-state index contributed by atoms with van der Waals surface area (Å²) < 4.78 is 34.1. The smallest absolute Gasteiger partial charge is 0.245 e. The SMILES string of the molecule is CCc1ccc(NC(=O)[C@@H](Cc2ccccc2)NS(=O)(=O)c2cc(Cl)ccc2OC)cc1. The molecule has 0 aromatic heterocycles. The van der Waals surface area contributed by atoms with Gasteiger partial charge in [-0.15, -0.1) is 0 Å². The molecule has 0 saturated carbocycles. The van der Waals surface area contributed by atoms with Crippen LogP contribution in [-0.2, 0) is 27.7 Å². The zero-order valence-electron chi connectivity index (χ0n) is 17.8. The summed E-state index contributed by atoms with van der Waals surface area (Å²) in [5.74, 6) is -0.335. The molecule has 0 fully saturated rings. The van der Waals surface area contributed by atoms with Crippen LogP contribution in [0.15, 0.2) is 77.7 Å². The van der Waals surface area contributed by atoms with Gasteiger partial charge in [0.15, 0.2) is 0 Å². The highest BCUT2D eigenvalue weighted by Crippen LogP contribution is 2.27. The molecule has 32 heavy (non-hydrogen) atoms. The molecular weight excluding hydrogens is 448 g/mol. The first kappa shape index (κ1) is 23.8. The highest BCUT2D eigenvalue weighted by Gasteiger charge is 2.28. The molecule has 0 unspecified atom stereocenters. The van der Waals surface area contributed by atoms with Gasteiger partial charge in [-0.3, -0.25) is 4.79 Å². The molecule has 3 rings (SSSR count). The van der Waals surface area contributed by atoms with Crippen molar-refractivity contribution < 1.29 is 17.9 Å². The van der Waals surface area contributed by atoms with Crippen LogP contribution in [0.5, 0.6) is 5.75 Å². The van der Waals surface area contributed by atoms with Gasteiger partial charge in [0.25, 0.3) is 0 Å². The number of hydrogen-bond acceptors (Lipinski definition) is 4. The summed E-state index contributed by atoms with van der Waals surface area (Å²) in [6.07, 6.45) is 1.05. The second-order valence-electron chi connectivity index (χ2n) is 7.20. The van der Waals surface area contributed by atoms with E-state index in [1.807, 2.05) is 49.4 Å². The van der Waals surface area contributed by atoms with Crippen LogP contribution in [0.25, 0.3) is 0 Å². The minimum atomic E-state index is -4.11. The molecule has 0 heterocycles. The Labute approximate surface area is 193 Å². The van der Waals surface area contributed by atoms with Crippen molar-refractivity contribution in [3.05, 3.63) is 88.9 Å². The number of rotatable bonds is 9. The Bertz CT molecular complexity index is 1170. The largest absolute Gasteiger partial charge is 0.495 e. The molecule has 0 radical (unpaired) electrons. The Hall–Kier alpha value is -2.87. The monoisotopic (exact) mass is 472 g/mol. The molecular formula is C24H25ClN2O4S. The second-order valence-corrected chi connectivity index (χ2v) is 9.32. The molecule has 6 nitrogen and oxygen atoms in total. The van der Waals surface area contributed by atoms with Crippen molar-refractivity contribution in [1.82, 2.24) is 4.72 Å². The highest BCUT2D eigenvalue weighted by atomic mass is 35.5. The van der Waals surface area contributed by atoms with Crippen LogP contribution in [0.2, 0.25) is 5.02 Å². The highest BCUT2D eigenvalue weighted by molar-refractivity contribution is 7.89. The van der Waals surface area contributed by atoms with Gasteiger partial charge in [0.05, 0.1) is 7.11 Å². The molecule has 0 aliphatic carbocycles. The van der Waals surface area contributed by atoms with Crippen LogP contribution in [0.1, 0.15) is 18.1 Å². The molecule has 168 valence electrons. The summed E-state index contributed by atoms with van der Waals surface area (Å²) in [6.45, 7) is 2.04. The molecule has 0 bridgehead atoms. The van der Waals surface area contributed by atoms with Crippen LogP contribution in [0.4, 0.5) is 5.69 Å². The summed E-state index contributed by atoms with van der Waals surface area (Å²) in [5, 5.41) is 3.05. The fourth-order valence-corrected chi connectivity index (χ4v) is 4.83. The summed E-state index contributed by atoms with van der Waals surface area (Å²) in [4.78, 5) is 13.0. The van der Waals surface area contributed by atoms with Gasteiger partial charge in [0.1, 0.15) is 16.7 Å². The molecule has 1 atom stereocenters. The molecule has 0 spiro atoms. The van der Waals surface area contributed by atoms with E-state index >= 15 is 0 Å². The van der Waals surface area contributed by atoms with E-state index < -0.39 is 22.0 Å². The Morgan fingerprint density at radius 2 is 1.69 bits per heavy atom. The molecule has 8 heteroatoms. The van der Waals surface area contributed by atoms with Gasteiger partial charge in [-0.1, -0.05) is 61.0 Å². The predicted octanol–water partition coefficient (Wildman–Crippen LogP) is 4.44. The summed E-state index contributed by atoms with van der Waals surface area (Å²) in [6, 6.07) is 19.9. The average Bonchev–Trinajstić information content (AvgIpc) is 2.79. The number of anilines is 1. The first-order valence-electron chi connectivity index (χ1n) is 10.1. The number of sulfonamides is 1. The lowest BCUT2D eigenvalue weighted by Gasteiger charge is -2.20. The molecule has 0 saturated heterocycles. The molecule has 3 aromatic rings. The van der Waals surface area contributed by atoms with E-state index in [1.165, 1.54) is 25.3 Å². The zero-order chi connectivity index (χ0) is 23.1. The number of carbonyl (C=O) groups excluding carboxylic acids is 1. The van der Waals surface area contributed by atoms with E-state index in [4.69, 9.17) is 16.3 Å². The molecule has 1 amide bonds. The van der Waals surface area contributed by atoms with E-state index in [2.05, 4.69) is 10.0 Å². The number of carbonyl (C=O) groups is 1. The third kappa shape index (κ3) is 6.09. The summed E-state index contributed by atoms with van der Waals surface area (Å²) in [7, 11) is -2.74. The van der Waals surface area contributed by atoms with Crippen molar-refractivity contribution in [3.8, 4) is 5.75 Å². The fraction of sp³-hybridized carbons (Fsp3) is 0.208. The lowest BCUT2D eigenvalue weighted by molar-refractivity contribution is -0.117.